The van der Waals surface area contributed by atoms with Crippen molar-refractivity contribution in [2.75, 3.05) is 6.54 Å². The van der Waals surface area contributed by atoms with Crippen LogP contribution in [0.2, 0.25) is 5.02 Å². The van der Waals surface area contributed by atoms with Crippen LogP contribution in [0.3, 0.4) is 0 Å². The zero-order valence-electron chi connectivity index (χ0n) is 15.0. The number of benzene rings is 1. The van der Waals surface area contributed by atoms with Gasteiger partial charge in [-0.05, 0) is 32.4 Å². The highest BCUT2D eigenvalue weighted by molar-refractivity contribution is 7.12. The molecule has 1 aromatic carbocycles. The Balaban J connectivity index is 1.85. The number of amides is 1. The molecule has 0 aliphatic rings. The van der Waals surface area contributed by atoms with Gasteiger partial charge in [0.05, 0.1) is 17.8 Å². The minimum absolute atomic E-state index is 0.0265. The fourth-order valence-electron chi connectivity index (χ4n) is 2.72. The summed E-state index contributed by atoms with van der Waals surface area (Å²) in [6, 6.07) is 7.61. The van der Waals surface area contributed by atoms with Gasteiger partial charge in [0.25, 0.3) is 0 Å². The second kappa shape index (κ2) is 8.01. The summed E-state index contributed by atoms with van der Waals surface area (Å²) in [6.07, 6.45) is 1.27. The van der Waals surface area contributed by atoms with Crippen molar-refractivity contribution in [2.45, 2.75) is 33.6 Å². The lowest BCUT2D eigenvalue weighted by molar-refractivity contribution is -0.120. The van der Waals surface area contributed by atoms with Crippen LogP contribution in [0.4, 0.5) is 0 Å². The van der Waals surface area contributed by atoms with Crippen molar-refractivity contribution in [1.29, 1.82) is 0 Å². The van der Waals surface area contributed by atoms with Gasteiger partial charge in [-0.1, -0.05) is 30.7 Å². The lowest BCUT2D eigenvalue weighted by Gasteiger charge is -2.04. The van der Waals surface area contributed by atoms with E-state index in [1.807, 2.05) is 55.1 Å². The summed E-state index contributed by atoms with van der Waals surface area (Å²) in [5, 5.41) is 11.0. The fraction of sp³-hybridized carbons (Fsp3) is 0.316. The first-order chi connectivity index (χ1) is 12.5. The molecule has 26 heavy (non-hydrogen) atoms. The predicted octanol–water partition coefficient (Wildman–Crippen LogP) is 4.33. The molecule has 0 aliphatic carbocycles. The summed E-state index contributed by atoms with van der Waals surface area (Å²) >= 11 is 7.48. The van der Waals surface area contributed by atoms with Gasteiger partial charge < -0.3 is 5.32 Å². The van der Waals surface area contributed by atoms with E-state index in [-0.39, 0.29) is 5.91 Å². The van der Waals surface area contributed by atoms with Crippen molar-refractivity contribution in [3.05, 3.63) is 51.6 Å². The first-order valence-electron chi connectivity index (χ1n) is 8.53. The van der Waals surface area contributed by atoms with Crippen LogP contribution in [0.15, 0.2) is 29.6 Å². The van der Waals surface area contributed by atoms with Crippen LogP contribution >= 0.6 is 22.9 Å². The highest BCUT2D eigenvalue weighted by atomic mass is 35.5. The molecule has 3 aromatic rings. The van der Waals surface area contributed by atoms with Crippen LogP contribution in [0, 0.1) is 13.8 Å². The first-order valence-corrected chi connectivity index (χ1v) is 9.79. The molecule has 0 saturated heterocycles. The monoisotopic (exact) mass is 388 g/mol. The van der Waals surface area contributed by atoms with E-state index >= 15 is 0 Å². The van der Waals surface area contributed by atoms with Gasteiger partial charge in [0.15, 0.2) is 0 Å². The number of rotatable bonds is 6. The van der Waals surface area contributed by atoms with E-state index < -0.39 is 0 Å². The van der Waals surface area contributed by atoms with E-state index in [1.54, 1.807) is 0 Å². The Morgan fingerprint density at radius 1 is 1.27 bits per heavy atom. The molecule has 136 valence electrons. The summed E-state index contributed by atoms with van der Waals surface area (Å²) in [5.41, 5.74) is 4.67. The van der Waals surface area contributed by atoms with E-state index in [0.717, 1.165) is 39.8 Å². The van der Waals surface area contributed by atoms with E-state index in [2.05, 4.69) is 10.4 Å². The SMILES string of the molecule is CCCNC(=O)Cc1c(C)nn(-c2nc(-c3ccc(Cl)cc3)cs2)c1C. The summed E-state index contributed by atoms with van der Waals surface area (Å²) < 4.78 is 1.82. The maximum absolute atomic E-state index is 12.1. The topological polar surface area (TPSA) is 59.8 Å². The Bertz CT molecular complexity index is 914. The number of thiazole rings is 1. The van der Waals surface area contributed by atoms with Crippen molar-refractivity contribution < 1.29 is 4.79 Å². The number of carbonyl (C=O) groups is 1. The van der Waals surface area contributed by atoms with Gasteiger partial charge in [-0.2, -0.15) is 5.10 Å². The molecule has 0 radical (unpaired) electrons. The van der Waals surface area contributed by atoms with E-state index in [1.165, 1.54) is 11.3 Å². The van der Waals surface area contributed by atoms with Crippen LogP contribution < -0.4 is 5.32 Å². The maximum Gasteiger partial charge on any atom is 0.224 e. The predicted molar refractivity (Wildman–Crippen MR) is 106 cm³/mol. The highest BCUT2D eigenvalue weighted by Gasteiger charge is 2.17. The van der Waals surface area contributed by atoms with Crippen LogP contribution in [0.5, 0.6) is 0 Å². The van der Waals surface area contributed by atoms with Gasteiger partial charge in [-0.3, -0.25) is 4.79 Å². The molecule has 0 unspecified atom stereocenters. The third-order valence-corrected chi connectivity index (χ3v) is 5.23. The second-order valence-electron chi connectivity index (χ2n) is 6.11. The van der Waals surface area contributed by atoms with Gasteiger partial charge in [0.1, 0.15) is 0 Å². The molecule has 0 saturated carbocycles. The van der Waals surface area contributed by atoms with E-state index in [0.29, 0.717) is 18.0 Å². The Morgan fingerprint density at radius 2 is 2.00 bits per heavy atom. The van der Waals surface area contributed by atoms with E-state index in [4.69, 9.17) is 16.6 Å². The number of nitrogens with one attached hydrogen (secondary N) is 1. The van der Waals surface area contributed by atoms with Crippen molar-refractivity contribution >= 4 is 28.8 Å². The molecule has 1 N–H and O–H groups in total. The number of aryl methyl sites for hydroxylation is 1. The Kier molecular flexibility index (Phi) is 5.74. The molecule has 2 aromatic heterocycles. The molecular weight excluding hydrogens is 368 g/mol. The highest BCUT2D eigenvalue weighted by Crippen LogP contribution is 2.27. The van der Waals surface area contributed by atoms with Gasteiger partial charge >= 0.3 is 0 Å². The third-order valence-electron chi connectivity index (χ3n) is 4.16. The number of aromatic nitrogens is 3. The molecule has 0 spiro atoms. The quantitative estimate of drug-likeness (QED) is 0.683. The summed E-state index contributed by atoms with van der Waals surface area (Å²) in [7, 11) is 0. The van der Waals surface area contributed by atoms with Crippen LogP contribution in [0.1, 0.15) is 30.3 Å². The van der Waals surface area contributed by atoms with E-state index in [9.17, 15) is 4.79 Å². The average Bonchev–Trinajstić information content (AvgIpc) is 3.21. The van der Waals surface area contributed by atoms with Crippen LogP contribution in [0.25, 0.3) is 16.4 Å². The zero-order chi connectivity index (χ0) is 18.7. The first kappa shape index (κ1) is 18.6. The Hall–Kier alpha value is -2.18. The van der Waals surface area contributed by atoms with Crippen LogP contribution in [-0.4, -0.2) is 27.2 Å². The number of hydrogen-bond acceptors (Lipinski definition) is 4. The molecule has 2 heterocycles. The van der Waals surface area contributed by atoms with Gasteiger partial charge in [-0.25, -0.2) is 9.67 Å². The van der Waals surface area contributed by atoms with Gasteiger partial charge in [0, 0.05) is 33.8 Å². The lowest BCUT2D eigenvalue weighted by atomic mass is 10.1. The minimum Gasteiger partial charge on any atom is -0.356 e. The van der Waals surface area contributed by atoms with Crippen molar-refractivity contribution in [1.82, 2.24) is 20.1 Å². The summed E-state index contributed by atoms with van der Waals surface area (Å²) in [5.74, 6) is 0.0265. The Morgan fingerprint density at radius 3 is 2.69 bits per heavy atom. The number of halogens is 1. The lowest BCUT2D eigenvalue weighted by Crippen LogP contribution is -2.26. The van der Waals surface area contributed by atoms with Gasteiger partial charge in [-0.15, -0.1) is 11.3 Å². The molecule has 5 nitrogen and oxygen atoms in total. The Labute approximate surface area is 162 Å². The van der Waals surface area contributed by atoms with Crippen molar-refractivity contribution in [3.8, 4) is 16.4 Å². The molecule has 7 heteroatoms. The molecule has 0 fully saturated rings. The number of hydrogen-bond donors (Lipinski definition) is 1. The minimum atomic E-state index is 0.0265. The molecule has 3 rings (SSSR count). The third kappa shape index (κ3) is 3.97. The molecule has 0 atom stereocenters. The maximum atomic E-state index is 12.1. The molecule has 0 bridgehead atoms. The smallest absolute Gasteiger partial charge is 0.224 e. The largest absolute Gasteiger partial charge is 0.356 e. The molecule has 0 aliphatic heterocycles. The zero-order valence-corrected chi connectivity index (χ0v) is 16.6. The second-order valence-corrected chi connectivity index (χ2v) is 7.38. The molecular formula is C19H21ClN4OS. The van der Waals surface area contributed by atoms with Crippen molar-refractivity contribution in [2.24, 2.45) is 0 Å². The number of carbonyl (C=O) groups excluding carboxylic acids is 1. The summed E-state index contributed by atoms with van der Waals surface area (Å²) in [6.45, 7) is 6.64. The standard InChI is InChI=1S/C19H21ClN4OS/c1-4-9-21-18(25)10-16-12(2)23-24(13(16)3)19-22-17(11-26-19)14-5-7-15(20)8-6-14/h5-8,11H,4,9-10H2,1-3H3,(H,21,25). The van der Waals surface area contributed by atoms with Crippen molar-refractivity contribution in [3.63, 3.8) is 0 Å². The van der Waals surface area contributed by atoms with Gasteiger partial charge in [0.2, 0.25) is 11.0 Å². The normalized spacial score (nSPS) is 10.9. The summed E-state index contributed by atoms with van der Waals surface area (Å²) in [4.78, 5) is 16.8. The van der Waals surface area contributed by atoms with Crippen LogP contribution in [-0.2, 0) is 11.2 Å². The average molecular weight is 389 g/mol. The molecule has 1 amide bonds. The number of nitrogens with zero attached hydrogens (tertiary/aromatic N) is 3. The fourth-order valence-corrected chi connectivity index (χ4v) is 3.68.